The Bertz CT molecular complexity index is 643. The van der Waals surface area contributed by atoms with Crippen LogP contribution in [0.1, 0.15) is 18.5 Å². The van der Waals surface area contributed by atoms with Crippen LogP contribution in [0.2, 0.25) is 0 Å². The number of rotatable bonds is 5. The fourth-order valence-corrected chi connectivity index (χ4v) is 2.95. The largest absolute Gasteiger partial charge is 0.326 e. The average molecular weight is 283 g/mol. The van der Waals surface area contributed by atoms with Crippen LogP contribution in [0.15, 0.2) is 59.6 Å². The Morgan fingerprint density at radius 1 is 1.25 bits per heavy atom. The molecule has 0 aliphatic rings. The van der Waals surface area contributed by atoms with Gasteiger partial charge in [0, 0.05) is 24.1 Å². The Morgan fingerprint density at radius 3 is 2.85 bits per heavy atom. The van der Waals surface area contributed by atoms with E-state index in [-0.39, 0.29) is 0 Å². The molecule has 0 saturated heterocycles. The van der Waals surface area contributed by atoms with Gasteiger partial charge in [0.2, 0.25) is 5.95 Å². The van der Waals surface area contributed by atoms with E-state index in [4.69, 9.17) is 0 Å². The Hall–Kier alpha value is -2.07. The number of anilines is 2. The number of nitrogens with zero attached hydrogens (tertiary/aromatic N) is 2. The highest BCUT2D eigenvalue weighted by Gasteiger charge is 2.11. The molecule has 4 heteroatoms. The SMILES string of the molecule is CC(Cc1ccsc1)n1ccnc1Nc1ccccc1. The van der Waals surface area contributed by atoms with Crippen LogP contribution in [0.25, 0.3) is 0 Å². The average Bonchev–Trinajstić information content (AvgIpc) is 3.11. The molecule has 1 atom stereocenters. The Kier molecular flexibility index (Phi) is 3.83. The summed E-state index contributed by atoms with van der Waals surface area (Å²) in [4.78, 5) is 4.42. The summed E-state index contributed by atoms with van der Waals surface area (Å²) in [5, 5.41) is 7.70. The summed E-state index contributed by atoms with van der Waals surface area (Å²) in [7, 11) is 0. The number of hydrogen-bond donors (Lipinski definition) is 1. The van der Waals surface area contributed by atoms with E-state index in [1.807, 2.05) is 42.7 Å². The van der Waals surface area contributed by atoms with Crippen LogP contribution in [0.3, 0.4) is 0 Å². The van der Waals surface area contributed by atoms with Gasteiger partial charge in [-0.2, -0.15) is 11.3 Å². The first-order valence-corrected chi connectivity index (χ1v) is 7.63. The van der Waals surface area contributed by atoms with Gasteiger partial charge >= 0.3 is 0 Å². The molecule has 2 heterocycles. The third-order valence-electron chi connectivity index (χ3n) is 3.28. The highest BCUT2D eigenvalue weighted by atomic mass is 32.1. The Balaban J connectivity index is 1.76. The van der Waals surface area contributed by atoms with Crippen LogP contribution in [-0.4, -0.2) is 9.55 Å². The minimum atomic E-state index is 0.373. The van der Waals surface area contributed by atoms with Crippen molar-refractivity contribution in [3.8, 4) is 0 Å². The van der Waals surface area contributed by atoms with Crippen LogP contribution in [0, 0.1) is 0 Å². The van der Waals surface area contributed by atoms with Gasteiger partial charge in [0.15, 0.2) is 0 Å². The fraction of sp³-hybridized carbons (Fsp3) is 0.188. The van der Waals surface area contributed by atoms with Crippen molar-refractivity contribution in [3.05, 3.63) is 65.1 Å². The van der Waals surface area contributed by atoms with Crippen LogP contribution in [0.5, 0.6) is 0 Å². The van der Waals surface area contributed by atoms with Gasteiger partial charge in [-0.05, 0) is 47.9 Å². The number of hydrogen-bond acceptors (Lipinski definition) is 3. The van der Waals surface area contributed by atoms with Crippen molar-refractivity contribution >= 4 is 23.0 Å². The summed E-state index contributed by atoms with van der Waals surface area (Å²) >= 11 is 1.75. The third kappa shape index (κ3) is 2.91. The van der Waals surface area contributed by atoms with Crippen molar-refractivity contribution in [1.82, 2.24) is 9.55 Å². The van der Waals surface area contributed by atoms with Crippen LogP contribution < -0.4 is 5.32 Å². The number of benzene rings is 1. The lowest BCUT2D eigenvalue weighted by atomic mass is 10.1. The van der Waals surface area contributed by atoms with Gasteiger partial charge < -0.3 is 9.88 Å². The predicted molar refractivity (Wildman–Crippen MR) is 84.7 cm³/mol. The molecular formula is C16H17N3S. The molecule has 0 saturated carbocycles. The molecular weight excluding hydrogens is 266 g/mol. The van der Waals surface area contributed by atoms with E-state index in [0.717, 1.165) is 18.1 Å². The number of thiophene rings is 1. The van der Waals surface area contributed by atoms with Gasteiger partial charge in [0.25, 0.3) is 0 Å². The highest BCUT2D eigenvalue weighted by molar-refractivity contribution is 7.07. The van der Waals surface area contributed by atoms with E-state index >= 15 is 0 Å². The monoisotopic (exact) mass is 283 g/mol. The minimum absolute atomic E-state index is 0.373. The van der Waals surface area contributed by atoms with Crippen LogP contribution in [-0.2, 0) is 6.42 Å². The minimum Gasteiger partial charge on any atom is -0.326 e. The van der Waals surface area contributed by atoms with E-state index < -0.39 is 0 Å². The smallest absolute Gasteiger partial charge is 0.207 e. The van der Waals surface area contributed by atoms with Gasteiger partial charge in [-0.1, -0.05) is 18.2 Å². The number of aromatic nitrogens is 2. The zero-order chi connectivity index (χ0) is 13.8. The molecule has 3 nitrogen and oxygen atoms in total. The molecule has 0 aliphatic heterocycles. The first-order valence-electron chi connectivity index (χ1n) is 6.69. The summed E-state index contributed by atoms with van der Waals surface area (Å²) in [5.41, 5.74) is 2.43. The Labute approximate surface area is 122 Å². The van der Waals surface area contributed by atoms with E-state index in [2.05, 4.69) is 38.6 Å². The van der Waals surface area contributed by atoms with Crippen LogP contribution in [0.4, 0.5) is 11.6 Å². The molecule has 102 valence electrons. The molecule has 1 aromatic carbocycles. The number of nitrogens with one attached hydrogen (secondary N) is 1. The Morgan fingerprint density at radius 2 is 2.10 bits per heavy atom. The van der Waals surface area contributed by atoms with Crippen molar-refractivity contribution in [2.24, 2.45) is 0 Å². The quantitative estimate of drug-likeness (QED) is 0.747. The first kappa shape index (κ1) is 12.9. The molecule has 3 aromatic rings. The summed E-state index contributed by atoms with van der Waals surface area (Å²) in [6.07, 6.45) is 4.89. The highest BCUT2D eigenvalue weighted by Crippen LogP contribution is 2.22. The molecule has 20 heavy (non-hydrogen) atoms. The second-order valence-electron chi connectivity index (χ2n) is 4.83. The summed E-state index contributed by atoms with van der Waals surface area (Å²) < 4.78 is 2.19. The van der Waals surface area contributed by atoms with Crippen molar-refractivity contribution in [1.29, 1.82) is 0 Å². The molecule has 0 fully saturated rings. The predicted octanol–water partition coefficient (Wildman–Crippen LogP) is 4.49. The molecule has 0 aliphatic carbocycles. The number of para-hydroxylation sites is 1. The first-order chi connectivity index (χ1) is 9.83. The molecule has 0 amide bonds. The van der Waals surface area contributed by atoms with Crippen molar-refractivity contribution < 1.29 is 0 Å². The zero-order valence-corrected chi connectivity index (χ0v) is 12.2. The normalized spacial score (nSPS) is 12.2. The van der Waals surface area contributed by atoms with E-state index in [1.165, 1.54) is 5.56 Å². The van der Waals surface area contributed by atoms with Gasteiger partial charge in [-0.15, -0.1) is 0 Å². The lowest BCUT2D eigenvalue weighted by Gasteiger charge is -2.16. The summed E-state index contributed by atoms with van der Waals surface area (Å²) in [5.74, 6) is 0.888. The molecule has 0 spiro atoms. The second-order valence-corrected chi connectivity index (χ2v) is 5.61. The van der Waals surface area contributed by atoms with E-state index in [0.29, 0.717) is 6.04 Å². The van der Waals surface area contributed by atoms with E-state index in [1.54, 1.807) is 11.3 Å². The maximum atomic E-state index is 4.42. The summed E-state index contributed by atoms with van der Waals surface area (Å²) in [6.45, 7) is 2.22. The molecule has 1 N–H and O–H groups in total. The van der Waals surface area contributed by atoms with Gasteiger partial charge in [-0.3, -0.25) is 0 Å². The van der Waals surface area contributed by atoms with Gasteiger partial charge in [-0.25, -0.2) is 4.98 Å². The van der Waals surface area contributed by atoms with Gasteiger partial charge in [0.1, 0.15) is 0 Å². The molecule has 3 rings (SSSR count). The van der Waals surface area contributed by atoms with E-state index in [9.17, 15) is 0 Å². The molecule has 0 bridgehead atoms. The van der Waals surface area contributed by atoms with Gasteiger partial charge in [0.05, 0.1) is 0 Å². The fourth-order valence-electron chi connectivity index (χ4n) is 2.26. The molecule has 0 radical (unpaired) electrons. The maximum Gasteiger partial charge on any atom is 0.207 e. The van der Waals surface area contributed by atoms with Crippen molar-refractivity contribution in [2.75, 3.05) is 5.32 Å². The van der Waals surface area contributed by atoms with Crippen LogP contribution >= 0.6 is 11.3 Å². The lowest BCUT2D eigenvalue weighted by Crippen LogP contribution is -2.10. The van der Waals surface area contributed by atoms with Crippen molar-refractivity contribution in [3.63, 3.8) is 0 Å². The standard InChI is InChI=1S/C16H17N3S/c1-13(11-14-7-10-20-12-14)19-9-8-17-16(19)18-15-5-3-2-4-6-15/h2-10,12-13H,11H2,1H3,(H,17,18). The maximum absolute atomic E-state index is 4.42. The molecule has 2 aromatic heterocycles. The molecule has 1 unspecified atom stereocenters. The van der Waals surface area contributed by atoms with Crippen molar-refractivity contribution in [2.45, 2.75) is 19.4 Å². The lowest BCUT2D eigenvalue weighted by molar-refractivity contribution is 0.552. The summed E-state index contributed by atoms with van der Waals surface area (Å²) in [6, 6.07) is 12.7. The second kappa shape index (κ2) is 5.92. The third-order valence-corrected chi connectivity index (χ3v) is 4.02. The topological polar surface area (TPSA) is 29.9 Å². The zero-order valence-electron chi connectivity index (χ0n) is 11.4. The number of imidazole rings is 1.